The Morgan fingerprint density at radius 3 is 2.55 bits per heavy atom. The summed E-state index contributed by atoms with van der Waals surface area (Å²) in [6, 6.07) is 6.55. The molecule has 1 aliphatic heterocycles. The highest BCUT2D eigenvalue weighted by Gasteiger charge is 2.48. The third-order valence-electron chi connectivity index (χ3n) is 3.67. The quantitative estimate of drug-likeness (QED) is 0.783. The Morgan fingerprint density at radius 1 is 1.35 bits per heavy atom. The summed E-state index contributed by atoms with van der Waals surface area (Å²) in [7, 11) is 0. The van der Waals surface area contributed by atoms with Gasteiger partial charge >= 0.3 is 0 Å². The van der Waals surface area contributed by atoms with Gasteiger partial charge in [0.05, 0.1) is 17.0 Å². The van der Waals surface area contributed by atoms with Gasteiger partial charge < -0.3 is 4.74 Å². The highest BCUT2D eigenvalue weighted by atomic mass is 32.2. The molecule has 0 bridgehead atoms. The molecule has 0 amide bonds. The molecule has 0 spiro atoms. The van der Waals surface area contributed by atoms with Crippen molar-refractivity contribution >= 4 is 17.5 Å². The lowest BCUT2D eigenvalue weighted by Crippen LogP contribution is -2.34. The van der Waals surface area contributed by atoms with Crippen molar-refractivity contribution in [2.75, 3.05) is 5.75 Å². The monoisotopic (exact) mass is 296 g/mol. The minimum absolute atomic E-state index is 0.128. The lowest BCUT2D eigenvalue weighted by atomic mass is 9.84. The van der Waals surface area contributed by atoms with Gasteiger partial charge in [0.1, 0.15) is 11.6 Å². The van der Waals surface area contributed by atoms with E-state index in [0.717, 1.165) is 6.42 Å². The molecule has 1 aromatic rings. The number of Topliss-reactive ketones (excluding diaryl/α,β-unsaturated/α-hetero) is 1. The molecule has 0 N–H and O–H groups in total. The second kappa shape index (κ2) is 5.49. The molecule has 0 aliphatic carbocycles. The zero-order valence-electron chi connectivity index (χ0n) is 12.4. The van der Waals surface area contributed by atoms with E-state index < -0.39 is 5.60 Å². The van der Waals surface area contributed by atoms with Crippen LogP contribution < -0.4 is 0 Å². The highest BCUT2D eigenvalue weighted by molar-refractivity contribution is 8.00. The van der Waals surface area contributed by atoms with Crippen LogP contribution >= 0.6 is 11.8 Å². The van der Waals surface area contributed by atoms with Crippen LogP contribution in [0.3, 0.4) is 0 Å². The molecule has 1 fully saturated rings. The minimum Gasteiger partial charge on any atom is -0.369 e. The van der Waals surface area contributed by atoms with Crippen molar-refractivity contribution in [3.05, 3.63) is 30.1 Å². The summed E-state index contributed by atoms with van der Waals surface area (Å²) >= 11 is 1.26. The van der Waals surface area contributed by atoms with Gasteiger partial charge in [0.15, 0.2) is 0 Å². The summed E-state index contributed by atoms with van der Waals surface area (Å²) in [6.07, 6.45) is 0.719. The van der Waals surface area contributed by atoms with Crippen LogP contribution in [0.4, 0.5) is 4.39 Å². The Balaban J connectivity index is 2.01. The largest absolute Gasteiger partial charge is 0.369 e. The normalized spacial score (nSPS) is 23.8. The van der Waals surface area contributed by atoms with Crippen molar-refractivity contribution in [2.45, 2.75) is 50.2 Å². The Labute approximate surface area is 124 Å². The second-order valence-corrected chi connectivity index (χ2v) is 7.42. The molecule has 0 aromatic heterocycles. The number of ether oxygens (including phenoxy) is 1. The Morgan fingerprint density at radius 2 is 2.00 bits per heavy atom. The Kier molecular flexibility index (Phi) is 4.26. The molecule has 0 radical (unpaired) electrons. The maximum absolute atomic E-state index is 13.5. The van der Waals surface area contributed by atoms with E-state index in [-0.39, 0.29) is 28.9 Å². The number of halogens is 1. The lowest BCUT2D eigenvalue weighted by Gasteiger charge is -2.26. The van der Waals surface area contributed by atoms with E-state index in [1.54, 1.807) is 18.2 Å². The van der Waals surface area contributed by atoms with Crippen LogP contribution in [0.25, 0.3) is 0 Å². The average Bonchev–Trinajstić information content (AvgIpc) is 2.56. The topological polar surface area (TPSA) is 26.3 Å². The number of rotatable bonds is 4. The number of benzene rings is 1. The van der Waals surface area contributed by atoms with Crippen molar-refractivity contribution in [1.82, 2.24) is 0 Å². The van der Waals surface area contributed by atoms with E-state index in [1.165, 1.54) is 17.8 Å². The first kappa shape index (κ1) is 15.5. The SMILES string of the molecule is CC1(C)CC(C(=O)CSc2ccccc2F)C(C)(C)O1. The van der Waals surface area contributed by atoms with Crippen molar-refractivity contribution < 1.29 is 13.9 Å². The Hall–Kier alpha value is -0.870. The lowest BCUT2D eigenvalue weighted by molar-refractivity contribution is -0.126. The van der Waals surface area contributed by atoms with Gasteiger partial charge in [-0.15, -0.1) is 11.8 Å². The predicted octanol–water partition coefficient (Wildman–Crippen LogP) is 4.08. The molecule has 1 aliphatic rings. The van der Waals surface area contributed by atoms with Crippen LogP contribution in [0.15, 0.2) is 29.2 Å². The van der Waals surface area contributed by atoms with Crippen molar-refractivity contribution in [3.63, 3.8) is 0 Å². The first-order valence-corrected chi connectivity index (χ1v) is 7.80. The van der Waals surface area contributed by atoms with Gasteiger partial charge in [-0.3, -0.25) is 4.79 Å². The van der Waals surface area contributed by atoms with Gasteiger partial charge in [-0.05, 0) is 46.2 Å². The standard InChI is InChI=1S/C16H21FO2S/c1-15(2)9-11(16(3,4)19-15)13(18)10-20-14-8-6-5-7-12(14)17/h5-8,11H,9-10H2,1-4H3. The van der Waals surface area contributed by atoms with Crippen molar-refractivity contribution in [3.8, 4) is 0 Å². The molecule has 2 nitrogen and oxygen atoms in total. The van der Waals surface area contributed by atoms with E-state index in [0.29, 0.717) is 4.90 Å². The summed E-state index contributed by atoms with van der Waals surface area (Å²) in [5.74, 6) is 0.0206. The summed E-state index contributed by atoms with van der Waals surface area (Å²) in [4.78, 5) is 12.9. The smallest absolute Gasteiger partial charge is 0.149 e. The van der Waals surface area contributed by atoms with Crippen LogP contribution in [0.5, 0.6) is 0 Å². The summed E-state index contributed by atoms with van der Waals surface area (Å²) in [6.45, 7) is 7.92. The molecule has 1 atom stereocenters. The Bertz CT molecular complexity index is 511. The van der Waals surface area contributed by atoms with Crippen LogP contribution in [0.1, 0.15) is 34.1 Å². The molecule has 4 heteroatoms. The van der Waals surface area contributed by atoms with Crippen LogP contribution in [-0.2, 0) is 9.53 Å². The number of carbonyl (C=O) groups is 1. The maximum atomic E-state index is 13.5. The van der Waals surface area contributed by atoms with E-state index in [4.69, 9.17) is 4.74 Å². The molecule has 1 aromatic carbocycles. The van der Waals surface area contributed by atoms with Gasteiger partial charge in [-0.25, -0.2) is 4.39 Å². The number of hydrogen-bond acceptors (Lipinski definition) is 3. The molecule has 2 rings (SSSR count). The molecular formula is C16H21FO2S. The maximum Gasteiger partial charge on any atom is 0.149 e. The van der Waals surface area contributed by atoms with Gasteiger partial charge in [0.2, 0.25) is 0 Å². The fraction of sp³-hybridized carbons (Fsp3) is 0.562. The van der Waals surface area contributed by atoms with Gasteiger partial charge in [0, 0.05) is 10.8 Å². The van der Waals surface area contributed by atoms with Crippen LogP contribution in [0, 0.1) is 11.7 Å². The van der Waals surface area contributed by atoms with Crippen molar-refractivity contribution in [1.29, 1.82) is 0 Å². The third-order valence-corrected chi connectivity index (χ3v) is 4.74. The van der Waals surface area contributed by atoms with Crippen molar-refractivity contribution in [2.24, 2.45) is 5.92 Å². The summed E-state index contributed by atoms with van der Waals surface area (Å²) in [5, 5.41) is 0. The number of carbonyl (C=O) groups excluding carboxylic acids is 1. The van der Waals surface area contributed by atoms with E-state index >= 15 is 0 Å². The first-order chi connectivity index (χ1) is 9.21. The predicted molar refractivity (Wildman–Crippen MR) is 79.5 cm³/mol. The summed E-state index contributed by atoms with van der Waals surface area (Å²) in [5.41, 5.74) is -0.719. The fourth-order valence-electron chi connectivity index (χ4n) is 2.88. The highest BCUT2D eigenvalue weighted by Crippen LogP contribution is 2.43. The molecule has 1 heterocycles. The zero-order valence-corrected chi connectivity index (χ0v) is 13.2. The molecule has 110 valence electrons. The number of hydrogen-bond donors (Lipinski definition) is 0. The van der Waals surface area contributed by atoms with E-state index in [9.17, 15) is 9.18 Å². The molecule has 20 heavy (non-hydrogen) atoms. The van der Waals surface area contributed by atoms with Gasteiger partial charge in [-0.1, -0.05) is 12.1 Å². The second-order valence-electron chi connectivity index (χ2n) is 6.41. The first-order valence-electron chi connectivity index (χ1n) is 6.81. The van der Waals surface area contributed by atoms with Gasteiger partial charge in [-0.2, -0.15) is 0 Å². The minimum atomic E-state index is -0.448. The molecule has 1 saturated heterocycles. The zero-order chi connectivity index (χ0) is 15.0. The number of ketones is 1. The van der Waals surface area contributed by atoms with Crippen LogP contribution in [0.2, 0.25) is 0 Å². The van der Waals surface area contributed by atoms with Crippen LogP contribution in [-0.4, -0.2) is 22.7 Å². The fourth-order valence-corrected chi connectivity index (χ4v) is 3.75. The van der Waals surface area contributed by atoms with E-state index in [1.807, 2.05) is 27.7 Å². The summed E-state index contributed by atoms with van der Waals surface area (Å²) < 4.78 is 19.5. The molecule has 1 unspecified atom stereocenters. The number of thioether (sulfide) groups is 1. The van der Waals surface area contributed by atoms with Gasteiger partial charge in [0.25, 0.3) is 0 Å². The molecule has 0 saturated carbocycles. The van der Waals surface area contributed by atoms with E-state index in [2.05, 4.69) is 0 Å². The molecular weight excluding hydrogens is 275 g/mol. The third kappa shape index (κ3) is 3.41. The average molecular weight is 296 g/mol.